The molecule has 0 atom stereocenters. The molecule has 1 heterocycles. The molecule has 0 saturated carbocycles. The first-order valence-electron chi connectivity index (χ1n) is 9.76. The van der Waals surface area contributed by atoms with Gasteiger partial charge < -0.3 is 19.3 Å². The molecule has 11 heteroatoms. The number of ether oxygens (including phenoxy) is 3. The molecule has 0 bridgehead atoms. The maximum atomic E-state index is 13.2. The molecule has 1 amide bonds. The number of benzene rings is 2. The first-order valence-corrected chi connectivity index (χ1v) is 11.2. The van der Waals surface area contributed by atoms with E-state index in [1.165, 1.54) is 54.0 Å². The molecule has 32 heavy (non-hydrogen) atoms. The van der Waals surface area contributed by atoms with Crippen LogP contribution >= 0.6 is 0 Å². The van der Waals surface area contributed by atoms with E-state index in [4.69, 9.17) is 24.5 Å². The Labute approximate surface area is 184 Å². The van der Waals surface area contributed by atoms with Gasteiger partial charge in [-0.05, 0) is 61.4 Å². The Hall–Kier alpha value is -3.15. The van der Waals surface area contributed by atoms with Crippen molar-refractivity contribution in [1.29, 1.82) is 0 Å². The zero-order valence-electron chi connectivity index (χ0n) is 17.0. The van der Waals surface area contributed by atoms with Gasteiger partial charge in [-0.1, -0.05) is 0 Å². The normalized spacial score (nSPS) is 15.5. The summed E-state index contributed by atoms with van der Waals surface area (Å²) in [5.74, 6) is -1.11. The van der Waals surface area contributed by atoms with E-state index in [1.54, 1.807) is 0 Å². The van der Waals surface area contributed by atoms with E-state index in [9.17, 15) is 18.0 Å². The number of aromatic carboxylic acids is 1. The number of rotatable bonds is 9. The molecule has 1 aliphatic rings. The van der Waals surface area contributed by atoms with Gasteiger partial charge in [-0.2, -0.15) is 0 Å². The molecule has 2 aromatic carbocycles. The topological polar surface area (TPSA) is 148 Å². The third kappa shape index (κ3) is 4.85. The van der Waals surface area contributed by atoms with Gasteiger partial charge in [0.05, 0.1) is 10.5 Å². The summed E-state index contributed by atoms with van der Waals surface area (Å²) in [5, 5.41) is 18.0. The molecule has 3 N–H and O–H groups in total. The van der Waals surface area contributed by atoms with Crippen LogP contribution < -0.4 is 15.0 Å². The van der Waals surface area contributed by atoms with Crippen molar-refractivity contribution < 1.29 is 42.5 Å². The van der Waals surface area contributed by atoms with Crippen LogP contribution in [0.5, 0.6) is 11.5 Å². The summed E-state index contributed by atoms with van der Waals surface area (Å²) in [7, 11) is -4.10. The summed E-state index contributed by atoms with van der Waals surface area (Å²) in [4.78, 5) is 23.0. The van der Waals surface area contributed by atoms with Crippen LogP contribution in [0.2, 0.25) is 0 Å². The molecule has 1 saturated heterocycles. The van der Waals surface area contributed by atoms with E-state index >= 15 is 0 Å². The van der Waals surface area contributed by atoms with Crippen LogP contribution in [0.3, 0.4) is 0 Å². The van der Waals surface area contributed by atoms with Gasteiger partial charge in [-0.25, -0.2) is 18.7 Å². The van der Waals surface area contributed by atoms with Crippen molar-refractivity contribution in [1.82, 2.24) is 5.48 Å². The minimum Gasteiger partial charge on any atom is -0.490 e. The highest BCUT2D eigenvalue weighted by molar-refractivity contribution is 7.93. The molecule has 0 radical (unpaired) electrons. The van der Waals surface area contributed by atoms with Crippen molar-refractivity contribution in [2.45, 2.75) is 22.5 Å². The fourth-order valence-corrected chi connectivity index (χ4v) is 5.31. The van der Waals surface area contributed by atoms with Gasteiger partial charge >= 0.3 is 5.97 Å². The van der Waals surface area contributed by atoms with E-state index in [0.29, 0.717) is 11.5 Å². The van der Waals surface area contributed by atoms with Gasteiger partial charge in [-0.15, -0.1) is 0 Å². The third-order valence-electron chi connectivity index (χ3n) is 5.19. The van der Waals surface area contributed by atoms with Crippen molar-refractivity contribution in [3.63, 3.8) is 0 Å². The molecule has 0 spiro atoms. The molecule has 3 rings (SSSR count). The SMILES string of the molecule is O=C(O)c1ccc(OCCOc2ccc(S(=O)(=O)C3(C(=O)NO)CCOCC3)cc2)cc1. The number of amides is 1. The highest BCUT2D eigenvalue weighted by Gasteiger charge is 2.52. The number of hydroxylamine groups is 1. The highest BCUT2D eigenvalue weighted by Crippen LogP contribution is 2.35. The summed E-state index contributed by atoms with van der Waals surface area (Å²) >= 11 is 0. The van der Waals surface area contributed by atoms with Crippen LogP contribution in [0, 0.1) is 0 Å². The number of carbonyl (C=O) groups is 2. The van der Waals surface area contributed by atoms with Crippen molar-refractivity contribution in [2.75, 3.05) is 26.4 Å². The molecule has 10 nitrogen and oxygen atoms in total. The van der Waals surface area contributed by atoms with Crippen LogP contribution in [0.1, 0.15) is 23.2 Å². The van der Waals surface area contributed by atoms with E-state index < -0.39 is 26.5 Å². The lowest BCUT2D eigenvalue weighted by atomic mass is 9.98. The number of hydrogen-bond acceptors (Lipinski definition) is 8. The molecule has 2 aromatic rings. The summed E-state index contributed by atoms with van der Waals surface area (Å²) in [6.45, 7) is 0.535. The van der Waals surface area contributed by atoms with Crippen LogP contribution in [0.4, 0.5) is 0 Å². The third-order valence-corrected chi connectivity index (χ3v) is 7.70. The number of nitrogens with one attached hydrogen (secondary N) is 1. The quantitative estimate of drug-likeness (QED) is 0.286. The van der Waals surface area contributed by atoms with E-state index in [-0.39, 0.29) is 49.7 Å². The maximum Gasteiger partial charge on any atom is 0.335 e. The molecular weight excluding hydrogens is 442 g/mol. The smallest absolute Gasteiger partial charge is 0.335 e. The molecule has 1 fully saturated rings. The number of hydrogen-bond donors (Lipinski definition) is 3. The summed E-state index contributed by atoms with van der Waals surface area (Å²) in [6.07, 6.45) is -0.129. The Kier molecular flexibility index (Phi) is 7.33. The Balaban J connectivity index is 1.60. The number of carbonyl (C=O) groups excluding carboxylic acids is 1. The zero-order chi connectivity index (χ0) is 23.2. The predicted molar refractivity (Wildman–Crippen MR) is 111 cm³/mol. The van der Waals surface area contributed by atoms with Crippen LogP contribution in [-0.2, 0) is 19.4 Å². The monoisotopic (exact) mass is 465 g/mol. The first kappa shape index (κ1) is 23.5. The average Bonchev–Trinajstić information content (AvgIpc) is 2.82. The number of sulfone groups is 1. The fourth-order valence-electron chi connectivity index (χ4n) is 3.37. The molecule has 1 aliphatic heterocycles. The van der Waals surface area contributed by atoms with E-state index in [1.807, 2.05) is 0 Å². The van der Waals surface area contributed by atoms with Crippen molar-refractivity contribution in [3.05, 3.63) is 54.1 Å². The average molecular weight is 465 g/mol. The Morgan fingerprint density at radius 1 is 0.938 bits per heavy atom. The first-order chi connectivity index (χ1) is 15.3. The zero-order valence-corrected chi connectivity index (χ0v) is 17.8. The Morgan fingerprint density at radius 3 is 1.91 bits per heavy atom. The van der Waals surface area contributed by atoms with Gasteiger partial charge in [-0.3, -0.25) is 10.0 Å². The Morgan fingerprint density at radius 2 is 1.44 bits per heavy atom. The second kappa shape index (κ2) is 9.98. The molecule has 172 valence electrons. The summed E-state index contributed by atoms with van der Waals surface area (Å²) < 4.78 is 40.8. The second-order valence-electron chi connectivity index (χ2n) is 7.05. The summed E-state index contributed by atoms with van der Waals surface area (Å²) in [6, 6.07) is 11.6. The second-order valence-corrected chi connectivity index (χ2v) is 9.31. The fraction of sp³-hybridized carbons (Fsp3) is 0.333. The largest absolute Gasteiger partial charge is 0.490 e. The minimum atomic E-state index is -4.10. The Bertz CT molecular complexity index is 1040. The van der Waals surface area contributed by atoms with Gasteiger partial charge in [0.15, 0.2) is 14.6 Å². The van der Waals surface area contributed by atoms with Crippen LogP contribution in [0.15, 0.2) is 53.4 Å². The predicted octanol–water partition coefficient (Wildman–Crippen LogP) is 1.67. The lowest BCUT2D eigenvalue weighted by Gasteiger charge is -2.34. The van der Waals surface area contributed by atoms with Gasteiger partial charge in [0.1, 0.15) is 24.7 Å². The highest BCUT2D eigenvalue weighted by atomic mass is 32.2. The van der Waals surface area contributed by atoms with Gasteiger partial charge in [0.25, 0.3) is 5.91 Å². The summed E-state index contributed by atoms with van der Waals surface area (Å²) in [5.41, 5.74) is 1.63. The van der Waals surface area contributed by atoms with E-state index in [0.717, 1.165) is 0 Å². The van der Waals surface area contributed by atoms with Gasteiger partial charge in [0, 0.05) is 13.2 Å². The van der Waals surface area contributed by atoms with Gasteiger partial charge in [0.2, 0.25) is 0 Å². The van der Waals surface area contributed by atoms with Crippen LogP contribution in [-0.4, -0.2) is 61.8 Å². The minimum absolute atomic E-state index is 0.0647. The van der Waals surface area contributed by atoms with Crippen LogP contribution in [0.25, 0.3) is 0 Å². The standard InChI is InChI=1S/C21H23NO9S/c23-19(24)15-1-3-16(4-2-15)30-13-14-31-17-5-7-18(8-6-17)32(27,28)21(20(25)22-26)9-11-29-12-10-21/h1-8,26H,9-14H2,(H,22,25)(H,23,24). The molecular formula is C21H23NO9S. The van der Waals surface area contributed by atoms with E-state index in [2.05, 4.69) is 0 Å². The lowest BCUT2D eigenvalue weighted by molar-refractivity contribution is -0.134. The number of carboxylic acid groups (broad SMARTS) is 1. The van der Waals surface area contributed by atoms with Crippen molar-refractivity contribution >= 4 is 21.7 Å². The molecule has 0 unspecified atom stereocenters. The van der Waals surface area contributed by atoms with Crippen molar-refractivity contribution in [3.8, 4) is 11.5 Å². The lowest BCUT2D eigenvalue weighted by Crippen LogP contribution is -2.54. The number of carboxylic acids is 1. The molecule has 0 aromatic heterocycles. The maximum absolute atomic E-state index is 13.2. The molecule has 0 aliphatic carbocycles. The van der Waals surface area contributed by atoms with Crippen molar-refractivity contribution in [2.24, 2.45) is 0 Å².